The molecule has 1 aromatic heterocycles. The minimum absolute atomic E-state index is 0.107. The summed E-state index contributed by atoms with van der Waals surface area (Å²) < 4.78 is 49.1. The third-order valence-electron chi connectivity index (χ3n) is 5.70. The molecule has 35 heavy (non-hydrogen) atoms. The van der Waals surface area contributed by atoms with Gasteiger partial charge in [0.15, 0.2) is 11.5 Å². The van der Waals surface area contributed by atoms with Gasteiger partial charge in [0, 0.05) is 12.1 Å². The third-order valence-corrected chi connectivity index (χ3v) is 7.62. The van der Waals surface area contributed by atoms with Crippen LogP contribution in [0, 0.1) is 6.92 Å². The molecule has 2 heterocycles. The topological polar surface area (TPSA) is 133 Å². The summed E-state index contributed by atoms with van der Waals surface area (Å²) >= 11 is 0. The highest BCUT2D eigenvalue weighted by molar-refractivity contribution is 7.89. The van der Waals surface area contributed by atoms with Gasteiger partial charge in [-0.1, -0.05) is 22.8 Å². The van der Waals surface area contributed by atoms with Crippen molar-refractivity contribution in [3.8, 4) is 28.7 Å². The Kier molecular flexibility index (Phi) is 6.94. The number of hydrogen-bond donors (Lipinski definition) is 1. The average molecular weight is 503 g/mol. The minimum atomic E-state index is -3.84. The molecule has 0 saturated carbocycles. The van der Waals surface area contributed by atoms with E-state index in [4.69, 9.17) is 18.6 Å². The Morgan fingerprint density at radius 1 is 1.06 bits per heavy atom. The van der Waals surface area contributed by atoms with Gasteiger partial charge in [0.05, 0.1) is 26.2 Å². The van der Waals surface area contributed by atoms with Crippen LogP contribution in [0.4, 0.5) is 6.01 Å². The molecule has 2 aromatic carbocycles. The van der Waals surface area contributed by atoms with Gasteiger partial charge in [0.25, 0.3) is 0 Å². The van der Waals surface area contributed by atoms with Gasteiger partial charge in [-0.2, -0.15) is 4.31 Å². The van der Waals surface area contributed by atoms with E-state index in [9.17, 15) is 13.2 Å². The number of aryl methyl sites for hydroxylation is 1. The monoisotopic (exact) mass is 502 g/mol. The van der Waals surface area contributed by atoms with Gasteiger partial charge in [-0.25, -0.2) is 8.42 Å². The summed E-state index contributed by atoms with van der Waals surface area (Å²) in [5, 5.41) is 10.4. The Labute approximate surface area is 203 Å². The maximum Gasteiger partial charge on any atom is 0.322 e. The first-order valence-electron chi connectivity index (χ1n) is 10.8. The number of benzene rings is 2. The van der Waals surface area contributed by atoms with Crippen molar-refractivity contribution in [1.29, 1.82) is 0 Å². The van der Waals surface area contributed by atoms with Crippen LogP contribution in [0.5, 0.6) is 17.2 Å². The van der Waals surface area contributed by atoms with Crippen LogP contribution >= 0.6 is 0 Å². The number of ether oxygens (including phenoxy) is 3. The lowest BCUT2D eigenvalue weighted by molar-refractivity contribution is -0.119. The largest absolute Gasteiger partial charge is 0.493 e. The Balaban J connectivity index is 1.54. The number of rotatable bonds is 8. The Hall–Kier alpha value is -3.64. The summed E-state index contributed by atoms with van der Waals surface area (Å²) in [6.45, 7) is 2.12. The molecule has 1 aliphatic heterocycles. The van der Waals surface area contributed by atoms with E-state index in [1.807, 2.05) is 6.92 Å². The first-order chi connectivity index (χ1) is 16.8. The van der Waals surface area contributed by atoms with Crippen molar-refractivity contribution < 1.29 is 31.8 Å². The van der Waals surface area contributed by atoms with Gasteiger partial charge in [0.2, 0.25) is 27.6 Å². The maximum atomic E-state index is 13.1. The van der Waals surface area contributed by atoms with Crippen molar-refractivity contribution in [2.24, 2.45) is 0 Å². The number of carbonyl (C=O) groups excluding carboxylic acids is 1. The van der Waals surface area contributed by atoms with Crippen molar-refractivity contribution in [1.82, 2.24) is 14.5 Å². The molecular weight excluding hydrogens is 476 g/mol. The van der Waals surface area contributed by atoms with Gasteiger partial charge in [-0.15, -0.1) is 5.10 Å². The SMILES string of the molecule is COc1cc(-c2nnc(NC(=O)C3CCCN3S(=O)(=O)c3ccc(C)cc3)o2)cc(OC)c1OC. The molecule has 1 unspecified atom stereocenters. The fraction of sp³-hybridized carbons (Fsp3) is 0.348. The highest BCUT2D eigenvalue weighted by Gasteiger charge is 2.40. The molecule has 0 bridgehead atoms. The van der Waals surface area contributed by atoms with Gasteiger partial charge < -0.3 is 18.6 Å². The van der Waals surface area contributed by atoms with E-state index >= 15 is 0 Å². The molecule has 11 nitrogen and oxygen atoms in total. The number of methoxy groups -OCH3 is 3. The Morgan fingerprint density at radius 3 is 2.31 bits per heavy atom. The van der Waals surface area contributed by atoms with Crippen LogP contribution in [-0.2, 0) is 14.8 Å². The van der Waals surface area contributed by atoms with E-state index in [0.29, 0.717) is 35.7 Å². The highest BCUT2D eigenvalue weighted by atomic mass is 32.2. The molecule has 1 fully saturated rings. The predicted molar refractivity (Wildman–Crippen MR) is 126 cm³/mol. The van der Waals surface area contributed by atoms with Crippen molar-refractivity contribution in [3.63, 3.8) is 0 Å². The zero-order chi connectivity index (χ0) is 25.2. The van der Waals surface area contributed by atoms with Crippen molar-refractivity contribution in [3.05, 3.63) is 42.0 Å². The van der Waals surface area contributed by atoms with Crippen LogP contribution in [0.15, 0.2) is 45.7 Å². The van der Waals surface area contributed by atoms with Gasteiger partial charge in [-0.3, -0.25) is 10.1 Å². The fourth-order valence-corrected chi connectivity index (χ4v) is 5.58. The molecule has 1 amide bonds. The summed E-state index contributed by atoms with van der Waals surface area (Å²) in [5.74, 6) is 0.762. The summed E-state index contributed by atoms with van der Waals surface area (Å²) in [6.07, 6.45) is 0.939. The second kappa shape index (κ2) is 9.92. The molecule has 12 heteroatoms. The maximum absolute atomic E-state index is 13.1. The summed E-state index contributed by atoms with van der Waals surface area (Å²) in [4.78, 5) is 13.1. The van der Waals surface area contributed by atoms with E-state index < -0.39 is 22.0 Å². The molecule has 4 rings (SSSR count). The highest BCUT2D eigenvalue weighted by Crippen LogP contribution is 2.41. The molecule has 1 saturated heterocycles. The van der Waals surface area contributed by atoms with E-state index in [2.05, 4.69) is 15.5 Å². The third kappa shape index (κ3) is 4.80. The van der Waals surface area contributed by atoms with Crippen molar-refractivity contribution in [2.75, 3.05) is 33.2 Å². The standard InChI is InChI=1S/C23H26N4O7S/c1-14-7-9-16(10-8-14)35(29,30)27-11-5-6-17(27)21(28)24-23-26-25-22(34-23)15-12-18(31-2)20(33-4)19(13-15)32-3/h7-10,12-13,17H,5-6,11H2,1-4H3,(H,24,26,28). The zero-order valence-electron chi connectivity index (χ0n) is 19.8. The number of hydrogen-bond acceptors (Lipinski definition) is 9. The van der Waals surface area contributed by atoms with Crippen LogP contribution in [0.2, 0.25) is 0 Å². The van der Waals surface area contributed by atoms with Gasteiger partial charge >= 0.3 is 6.01 Å². The molecule has 1 N–H and O–H groups in total. The molecular formula is C23H26N4O7S. The van der Waals surface area contributed by atoms with Crippen LogP contribution in [0.1, 0.15) is 18.4 Å². The summed E-state index contributed by atoms with van der Waals surface area (Å²) in [7, 11) is 0.626. The lowest BCUT2D eigenvalue weighted by atomic mass is 10.2. The van der Waals surface area contributed by atoms with Crippen LogP contribution in [0.25, 0.3) is 11.5 Å². The van der Waals surface area contributed by atoms with Gasteiger partial charge in [-0.05, 0) is 44.0 Å². The smallest absolute Gasteiger partial charge is 0.322 e. The van der Waals surface area contributed by atoms with E-state index in [0.717, 1.165) is 5.56 Å². The summed E-state index contributed by atoms with van der Waals surface area (Å²) in [5.41, 5.74) is 1.43. The van der Waals surface area contributed by atoms with Crippen LogP contribution in [-0.4, -0.2) is 62.7 Å². The van der Waals surface area contributed by atoms with Crippen molar-refractivity contribution >= 4 is 21.9 Å². The number of anilines is 1. The first kappa shape index (κ1) is 24.5. The predicted octanol–water partition coefficient (Wildman–Crippen LogP) is 2.86. The number of carbonyl (C=O) groups is 1. The quantitative estimate of drug-likeness (QED) is 0.493. The van der Waals surface area contributed by atoms with Crippen molar-refractivity contribution in [2.45, 2.75) is 30.7 Å². The molecule has 1 atom stereocenters. The molecule has 1 aliphatic rings. The van der Waals surface area contributed by atoms with E-state index in [-0.39, 0.29) is 23.3 Å². The lowest BCUT2D eigenvalue weighted by Gasteiger charge is -2.22. The zero-order valence-corrected chi connectivity index (χ0v) is 20.6. The summed E-state index contributed by atoms with van der Waals surface area (Å²) in [6, 6.07) is 8.75. The number of aromatic nitrogens is 2. The number of amides is 1. The van der Waals surface area contributed by atoms with Crippen LogP contribution in [0.3, 0.4) is 0 Å². The molecule has 0 spiro atoms. The second-order valence-corrected chi connectivity index (χ2v) is 9.79. The molecule has 0 aliphatic carbocycles. The minimum Gasteiger partial charge on any atom is -0.493 e. The average Bonchev–Trinajstić information content (AvgIpc) is 3.54. The van der Waals surface area contributed by atoms with E-state index in [1.54, 1.807) is 36.4 Å². The normalized spacial score (nSPS) is 16.2. The number of nitrogens with one attached hydrogen (secondary N) is 1. The Bertz CT molecular complexity index is 1300. The number of sulfonamides is 1. The van der Waals surface area contributed by atoms with Gasteiger partial charge in [0.1, 0.15) is 6.04 Å². The van der Waals surface area contributed by atoms with E-state index in [1.165, 1.54) is 25.6 Å². The number of nitrogens with zero attached hydrogens (tertiary/aromatic N) is 3. The fourth-order valence-electron chi connectivity index (χ4n) is 3.92. The second-order valence-electron chi connectivity index (χ2n) is 7.90. The Morgan fingerprint density at radius 2 is 1.71 bits per heavy atom. The molecule has 3 aromatic rings. The molecule has 186 valence electrons. The molecule has 0 radical (unpaired) electrons. The first-order valence-corrected chi connectivity index (χ1v) is 12.3. The van der Waals surface area contributed by atoms with Crippen LogP contribution < -0.4 is 19.5 Å². The lowest BCUT2D eigenvalue weighted by Crippen LogP contribution is -2.43.